The summed E-state index contributed by atoms with van der Waals surface area (Å²) in [5, 5.41) is 31.3. The van der Waals surface area contributed by atoms with Gasteiger partial charge in [0.1, 0.15) is 34.2 Å². The van der Waals surface area contributed by atoms with Crippen molar-refractivity contribution < 1.29 is 29.3 Å². The summed E-state index contributed by atoms with van der Waals surface area (Å²) in [6.07, 6.45) is 6.55. The maximum absolute atomic E-state index is 12.8. The van der Waals surface area contributed by atoms with Gasteiger partial charge in [-0.15, -0.1) is 0 Å². The van der Waals surface area contributed by atoms with Crippen molar-refractivity contribution in [3.05, 3.63) is 52.1 Å². The van der Waals surface area contributed by atoms with Gasteiger partial charge in [0.05, 0.1) is 0 Å². The molecule has 0 spiro atoms. The summed E-state index contributed by atoms with van der Waals surface area (Å²) in [6, 6.07) is 6.87. The van der Waals surface area contributed by atoms with E-state index in [-0.39, 0.29) is 51.9 Å². The van der Waals surface area contributed by atoms with Gasteiger partial charge < -0.3 is 24.5 Å². The second-order valence-electron chi connectivity index (χ2n) is 8.59. The van der Waals surface area contributed by atoms with E-state index in [9.17, 15) is 24.9 Å². The summed E-state index contributed by atoms with van der Waals surface area (Å²) in [5.41, 5.74) is -0.328. The number of Topliss-reactive ketones (excluding diaryl/α,β-unsaturated/α-hetero) is 1. The van der Waals surface area contributed by atoms with Crippen molar-refractivity contribution in [2.24, 2.45) is 0 Å². The summed E-state index contributed by atoms with van der Waals surface area (Å²) in [5.74, 6) is -0.312. The number of hydrogen-bond donors (Lipinski definition) is 3. The number of fused-ring (bicyclic) bond motifs is 1. The standard InChI is InChI=1S/C27H32O7/c1-3-5-7-9-19(28)12-18-13-20(29)15-23(31)26(18)34-24-16-21(30)11-17-14-22(10-8-6-4-2)33-27(32)25(17)24/h11,13-16,29-31H,3-10,12H2,1-2H3. The van der Waals surface area contributed by atoms with Gasteiger partial charge in [0.25, 0.3) is 0 Å². The number of carbonyl (C=O) groups is 1. The molecule has 0 radical (unpaired) electrons. The van der Waals surface area contributed by atoms with Gasteiger partial charge in [-0.25, -0.2) is 4.79 Å². The fraction of sp³-hybridized carbons (Fsp3) is 0.407. The number of phenolic OH excluding ortho intramolecular Hbond substituents is 3. The van der Waals surface area contributed by atoms with E-state index in [0.717, 1.165) is 44.6 Å². The Labute approximate surface area is 198 Å². The van der Waals surface area contributed by atoms with E-state index in [0.29, 0.717) is 24.0 Å². The third-order valence-electron chi connectivity index (χ3n) is 5.68. The molecule has 0 amide bonds. The van der Waals surface area contributed by atoms with Gasteiger partial charge >= 0.3 is 5.63 Å². The second kappa shape index (κ2) is 11.6. The summed E-state index contributed by atoms with van der Waals surface area (Å²) in [6.45, 7) is 4.14. The van der Waals surface area contributed by atoms with Gasteiger partial charge in [-0.2, -0.15) is 0 Å². The lowest BCUT2D eigenvalue weighted by Crippen LogP contribution is -2.06. The number of carbonyl (C=O) groups excluding carboxylic acids is 1. The van der Waals surface area contributed by atoms with Crippen molar-refractivity contribution in [2.45, 2.75) is 71.6 Å². The van der Waals surface area contributed by atoms with E-state index in [1.807, 2.05) is 6.92 Å². The number of phenols is 3. The Kier molecular flexibility index (Phi) is 8.57. The predicted octanol–water partition coefficient (Wildman–Crippen LogP) is 6.13. The van der Waals surface area contributed by atoms with Crippen LogP contribution in [-0.2, 0) is 17.6 Å². The van der Waals surface area contributed by atoms with Crippen LogP contribution in [0, 0.1) is 0 Å². The van der Waals surface area contributed by atoms with E-state index in [2.05, 4.69) is 6.92 Å². The molecule has 0 bridgehead atoms. The number of rotatable bonds is 12. The van der Waals surface area contributed by atoms with Crippen LogP contribution in [0.2, 0.25) is 0 Å². The van der Waals surface area contributed by atoms with E-state index in [4.69, 9.17) is 9.15 Å². The van der Waals surface area contributed by atoms with Gasteiger partial charge in [-0.05, 0) is 36.4 Å². The highest BCUT2D eigenvalue weighted by atomic mass is 16.5. The highest BCUT2D eigenvalue weighted by Gasteiger charge is 2.19. The number of ketones is 1. The maximum Gasteiger partial charge on any atom is 0.347 e. The number of aryl methyl sites for hydroxylation is 1. The predicted molar refractivity (Wildman–Crippen MR) is 130 cm³/mol. The molecule has 3 N–H and O–H groups in total. The molecule has 0 saturated carbocycles. The zero-order valence-corrected chi connectivity index (χ0v) is 19.7. The van der Waals surface area contributed by atoms with Crippen LogP contribution < -0.4 is 10.4 Å². The molecule has 34 heavy (non-hydrogen) atoms. The topological polar surface area (TPSA) is 117 Å². The van der Waals surface area contributed by atoms with Crippen LogP contribution in [0.5, 0.6) is 28.7 Å². The quantitative estimate of drug-likeness (QED) is 0.274. The van der Waals surface area contributed by atoms with Gasteiger partial charge in [0, 0.05) is 37.0 Å². The first kappa shape index (κ1) is 25.1. The monoisotopic (exact) mass is 468 g/mol. The van der Waals surface area contributed by atoms with Crippen LogP contribution in [0.15, 0.2) is 39.5 Å². The molecule has 0 saturated heterocycles. The molecule has 0 aliphatic heterocycles. The molecule has 7 heteroatoms. The third-order valence-corrected chi connectivity index (χ3v) is 5.68. The normalized spacial score (nSPS) is 11.1. The fourth-order valence-electron chi connectivity index (χ4n) is 3.97. The first-order valence-corrected chi connectivity index (χ1v) is 11.9. The number of aromatic hydroxyl groups is 3. The molecule has 7 nitrogen and oxygen atoms in total. The Bertz CT molecular complexity index is 1210. The molecule has 0 unspecified atom stereocenters. The molecular weight excluding hydrogens is 436 g/mol. The Morgan fingerprint density at radius 1 is 0.912 bits per heavy atom. The lowest BCUT2D eigenvalue weighted by atomic mass is 10.0. The highest BCUT2D eigenvalue weighted by molar-refractivity contribution is 5.89. The summed E-state index contributed by atoms with van der Waals surface area (Å²) < 4.78 is 11.4. The minimum absolute atomic E-state index is 0.00969. The smallest absolute Gasteiger partial charge is 0.347 e. The van der Waals surface area contributed by atoms with E-state index < -0.39 is 5.63 Å². The minimum Gasteiger partial charge on any atom is -0.508 e. The third kappa shape index (κ3) is 6.31. The molecule has 3 aromatic rings. The lowest BCUT2D eigenvalue weighted by Gasteiger charge is -2.15. The van der Waals surface area contributed by atoms with Gasteiger partial charge in [-0.3, -0.25) is 4.79 Å². The molecule has 0 fully saturated rings. The van der Waals surface area contributed by atoms with E-state index in [1.165, 1.54) is 18.2 Å². The van der Waals surface area contributed by atoms with E-state index >= 15 is 0 Å². The number of hydrogen-bond acceptors (Lipinski definition) is 7. The molecule has 0 atom stereocenters. The lowest BCUT2D eigenvalue weighted by molar-refractivity contribution is -0.118. The largest absolute Gasteiger partial charge is 0.508 e. The van der Waals surface area contributed by atoms with Crippen molar-refractivity contribution in [1.82, 2.24) is 0 Å². The Morgan fingerprint density at radius 2 is 1.62 bits per heavy atom. The average Bonchev–Trinajstić information content (AvgIpc) is 2.76. The molecule has 0 aliphatic carbocycles. The average molecular weight is 469 g/mol. The molecule has 3 rings (SSSR count). The van der Waals surface area contributed by atoms with Crippen molar-refractivity contribution in [3.63, 3.8) is 0 Å². The Morgan fingerprint density at radius 3 is 2.35 bits per heavy atom. The number of ether oxygens (including phenoxy) is 1. The highest BCUT2D eigenvalue weighted by Crippen LogP contribution is 2.41. The fourth-order valence-corrected chi connectivity index (χ4v) is 3.97. The summed E-state index contributed by atoms with van der Waals surface area (Å²) in [4.78, 5) is 25.3. The van der Waals surface area contributed by atoms with Crippen LogP contribution in [0.4, 0.5) is 0 Å². The zero-order valence-electron chi connectivity index (χ0n) is 19.7. The molecule has 1 aromatic heterocycles. The summed E-state index contributed by atoms with van der Waals surface area (Å²) >= 11 is 0. The van der Waals surface area contributed by atoms with Gasteiger partial charge in [0.2, 0.25) is 0 Å². The molecule has 182 valence electrons. The van der Waals surface area contributed by atoms with Crippen LogP contribution in [0.25, 0.3) is 10.8 Å². The van der Waals surface area contributed by atoms with Crippen molar-refractivity contribution >= 4 is 16.6 Å². The summed E-state index contributed by atoms with van der Waals surface area (Å²) in [7, 11) is 0. The Hall–Kier alpha value is -3.48. The first-order chi connectivity index (χ1) is 16.3. The van der Waals surface area contributed by atoms with Crippen molar-refractivity contribution in [2.75, 3.05) is 0 Å². The molecule has 0 aliphatic rings. The van der Waals surface area contributed by atoms with Crippen molar-refractivity contribution in [3.8, 4) is 28.7 Å². The van der Waals surface area contributed by atoms with Gasteiger partial charge in [0.15, 0.2) is 11.5 Å². The Balaban J connectivity index is 1.98. The number of unbranched alkanes of at least 4 members (excludes halogenated alkanes) is 4. The first-order valence-electron chi connectivity index (χ1n) is 11.9. The van der Waals surface area contributed by atoms with Crippen molar-refractivity contribution in [1.29, 1.82) is 0 Å². The molecular formula is C27H32O7. The second-order valence-corrected chi connectivity index (χ2v) is 8.59. The number of benzene rings is 2. The maximum atomic E-state index is 12.8. The minimum atomic E-state index is -0.616. The van der Waals surface area contributed by atoms with Gasteiger partial charge in [-0.1, -0.05) is 39.5 Å². The van der Waals surface area contributed by atoms with Crippen LogP contribution >= 0.6 is 0 Å². The molecule has 1 heterocycles. The van der Waals surface area contributed by atoms with E-state index in [1.54, 1.807) is 6.07 Å². The van der Waals surface area contributed by atoms with Crippen LogP contribution in [0.3, 0.4) is 0 Å². The zero-order chi connectivity index (χ0) is 24.7. The SMILES string of the molecule is CCCCCC(=O)Cc1cc(O)cc(O)c1Oc1cc(O)cc2cc(CCCCC)oc(=O)c12. The molecule has 2 aromatic carbocycles. The van der Waals surface area contributed by atoms with Crippen LogP contribution in [0.1, 0.15) is 70.1 Å². The van der Waals surface area contributed by atoms with Crippen LogP contribution in [-0.4, -0.2) is 21.1 Å².